The zero-order valence-electron chi connectivity index (χ0n) is 14.5. The van der Waals surface area contributed by atoms with Crippen LogP contribution in [0, 0.1) is 5.82 Å². The molecule has 2 aromatic rings. The molecule has 0 unspecified atom stereocenters. The molecule has 4 nitrogen and oxygen atoms in total. The van der Waals surface area contributed by atoms with Crippen molar-refractivity contribution in [1.82, 2.24) is 9.88 Å². The maximum Gasteiger partial charge on any atom is 0.417 e. The predicted octanol–water partition coefficient (Wildman–Crippen LogP) is 3.75. The quantitative estimate of drug-likeness (QED) is 0.772. The number of rotatable bonds is 5. The number of amides is 1. The zero-order chi connectivity index (χ0) is 20.4. The smallest absolute Gasteiger partial charge is 0.354 e. The minimum atomic E-state index is -4.62. The summed E-state index contributed by atoms with van der Waals surface area (Å²) in [5.41, 5.74) is -1.81. The van der Waals surface area contributed by atoms with E-state index in [-0.39, 0.29) is 11.6 Å². The van der Waals surface area contributed by atoms with E-state index >= 15 is 0 Å². The van der Waals surface area contributed by atoms with Gasteiger partial charge in [-0.25, -0.2) is 4.39 Å². The summed E-state index contributed by atoms with van der Waals surface area (Å²) >= 11 is 6.04. The highest BCUT2D eigenvalue weighted by Gasteiger charge is 2.31. The topological polar surface area (TPSA) is 51.1 Å². The van der Waals surface area contributed by atoms with E-state index in [1.54, 1.807) is 13.8 Å². The fourth-order valence-corrected chi connectivity index (χ4v) is 2.91. The van der Waals surface area contributed by atoms with Crippen LogP contribution in [0.5, 0.6) is 0 Å². The number of nitrogens with zero attached hydrogens (tertiary/aromatic N) is 1. The third kappa shape index (κ3) is 5.32. The summed E-state index contributed by atoms with van der Waals surface area (Å²) in [5, 5.41) is 2.76. The number of benzene rings is 1. The van der Waals surface area contributed by atoms with Gasteiger partial charge >= 0.3 is 6.18 Å². The molecule has 0 aliphatic rings. The van der Waals surface area contributed by atoms with Crippen molar-refractivity contribution in [3.05, 3.63) is 68.8 Å². The molecule has 1 amide bonds. The highest BCUT2D eigenvalue weighted by atomic mass is 35.5. The van der Waals surface area contributed by atoms with Gasteiger partial charge in [0.2, 0.25) is 5.91 Å². The lowest BCUT2D eigenvalue weighted by molar-refractivity contribution is -0.138. The van der Waals surface area contributed by atoms with Crippen LogP contribution in [0.4, 0.5) is 17.6 Å². The van der Waals surface area contributed by atoms with Crippen molar-refractivity contribution in [1.29, 1.82) is 0 Å². The second kappa shape index (κ2) is 7.72. The number of hydrogen-bond acceptors (Lipinski definition) is 2. The third-order valence-electron chi connectivity index (χ3n) is 4.01. The Labute approximate surface area is 157 Å². The summed E-state index contributed by atoms with van der Waals surface area (Å²) in [6.07, 6.45) is -4.02. The van der Waals surface area contributed by atoms with Gasteiger partial charge in [0.15, 0.2) is 0 Å². The van der Waals surface area contributed by atoms with E-state index in [1.807, 2.05) is 0 Å². The first-order chi connectivity index (χ1) is 12.4. The fourth-order valence-electron chi connectivity index (χ4n) is 2.49. The van der Waals surface area contributed by atoms with E-state index < -0.39 is 41.0 Å². The van der Waals surface area contributed by atoms with Crippen molar-refractivity contribution in [2.24, 2.45) is 0 Å². The largest absolute Gasteiger partial charge is 0.417 e. The molecule has 0 aliphatic heterocycles. The van der Waals surface area contributed by atoms with Crippen molar-refractivity contribution in [3.63, 3.8) is 0 Å². The first-order valence-corrected chi connectivity index (χ1v) is 8.28. The van der Waals surface area contributed by atoms with Gasteiger partial charge < -0.3 is 9.88 Å². The number of nitrogens with one attached hydrogen (secondary N) is 1. The van der Waals surface area contributed by atoms with Crippen molar-refractivity contribution in [3.8, 4) is 0 Å². The van der Waals surface area contributed by atoms with E-state index in [2.05, 4.69) is 5.32 Å². The Bertz CT molecular complexity index is 907. The average Bonchev–Trinajstić information content (AvgIpc) is 2.53. The fraction of sp³-hybridized carbons (Fsp3) is 0.333. The summed E-state index contributed by atoms with van der Waals surface area (Å²) in [6, 6.07) is 5.32. The maximum absolute atomic E-state index is 13.2. The van der Waals surface area contributed by atoms with Gasteiger partial charge in [-0.1, -0.05) is 31.5 Å². The molecule has 2 rings (SSSR count). The van der Waals surface area contributed by atoms with Crippen LogP contribution < -0.4 is 10.9 Å². The number of carbonyl (C=O) groups is 1. The van der Waals surface area contributed by atoms with Crippen LogP contribution in [-0.4, -0.2) is 17.0 Å². The van der Waals surface area contributed by atoms with Gasteiger partial charge in [0, 0.05) is 29.2 Å². The highest BCUT2D eigenvalue weighted by Crippen LogP contribution is 2.30. The minimum Gasteiger partial charge on any atom is -0.354 e. The zero-order valence-corrected chi connectivity index (χ0v) is 15.3. The second-order valence-corrected chi connectivity index (χ2v) is 7.07. The normalized spacial score (nSPS) is 12.1. The van der Waals surface area contributed by atoms with Crippen LogP contribution in [0.15, 0.2) is 41.3 Å². The lowest BCUT2D eigenvalue weighted by atomic mass is 9.84. The van der Waals surface area contributed by atoms with Crippen LogP contribution in [0.1, 0.15) is 25.0 Å². The molecule has 0 aliphatic carbocycles. The molecule has 0 radical (unpaired) electrons. The van der Waals surface area contributed by atoms with Gasteiger partial charge in [0.1, 0.15) is 12.4 Å². The van der Waals surface area contributed by atoms with Gasteiger partial charge in [0.05, 0.1) is 5.56 Å². The predicted molar refractivity (Wildman–Crippen MR) is 93.1 cm³/mol. The van der Waals surface area contributed by atoms with Gasteiger partial charge in [-0.15, -0.1) is 0 Å². The van der Waals surface area contributed by atoms with Crippen molar-refractivity contribution in [2.75, 3.05) is 6.54 Å². The number of carbonyl (C=O) groups excluding carboxylic acids is 1. The summed E-state index contributed by atoms with van der Waals surface area (Å²) < 4.78 is 52.1. The monoisotopic (exact) mass is 404 g/mol. The van der Waals surface area contributed by atoms with Gasteiger partial charge in [-0.2, -0.15) is 13.2 Å². The van der Waals surface area contributed by atoms with Gasteiger partial charge in [0.25, 0.3) is 5.56 Å². The number of hydrogen-bond donors (Lipinski definition) is 1. The highest BCUT2D eigenvalue weighted by molar-refractivity contribution is 6.31. The number of pyridine rings is 1. The van der Waals surface area contributed by atoms with Crippen LogP contribution in [-0.2, 0) is 22.9 Å². The van der Waals surface area contributed by atoms with Crippen molar-refractivity contribution < 1.29 is 22.4 Å². The summed E-state index contributed by atoms with van der Waals surface area (Å²) in [7, 11) is 0. The van der Waals surface area contributed by atoms with Crippen LogP contribution >= 0.6 is 11.6 Å². The van der Waals surface area contributed by atoms with E-state index in [9.17, 15) is 27.2 Å². The second-order valence-electron chi connectivity index (χ2n) is 6.67. The Morgan fingerprint density at radius 3 is 2.44 bits per heavy atom. The van der Waals surface area contributed by atoms with E-state index in [1.165, 1.54) is 12.1 Å². The maximum atomic E-state index is 13.2. The molecule has 0 fully saturated rings. The first-order valence-electron chi connectivity index (χ1n) is 7.90. The summed E-state index contributed by atoms with van der Waals surface area (Å²) in [4.78, 5) is 23.8. The summed E-state index contributed by atoms with van der Waals surface area (Å²) in [6.45, 7) is 3.06. The molecule has 27 heavy (non-hydrogen) atoms. The molecule has 0 bridgehead atoms. The molecule has 1 heterocycles. The molecular formula is C18H17ClF4N2O2. The average molecular weight is 405 g/mol. The van der Waals surface area contributed by atoms with Crippen LogP contribution in [0.2, 0.25) is 5.02 Å². The third-order valence-corrected chi connectivity index (χ3v) is 4.33. The van der Waals surface area contributed by atoms with E-state index in [0.29, 0.717) is 22.4 Å². The lowest BCUT2D eigenvalue weighted by Gasteiger charge is -2.27. The van der Waals surface area contributed by atoms with Gasteiger partial charge in [-0.05, 0) is 23.8 Å². The Hall–Kier alpha value is -2.35. The molecule has 1 aromatic carbocycles. The molecule has 1 N–H and O–H groups in total. The molecule has 0 saturated heterocycles. The molecular weight excluding hydrogens is 388 g/mol. The Balaban J connectivity index is 2.09. The number of halogens is 5. The van der Waals surface area contributed by atoms with E-state index in [0.717, 1.165) is 12.1 Å². The molecule has 0 atom stereocenters. The molecule has 9 heteroatoms. The molecule has 0 spiro atoms. The first kappa shape index (κ1) is 21.0. The standard InChI is InChI=1S/C18H17ClF4N2O2/c1-17(2,13-5-4-12(20)7-14(13)19)10-24-15(26)9-25-8-11(18(21,22)23)3-6-16(25)27/h3-8H,9-10H2,1-2H3,(H,24,26). The minimum absolute atomic E-state index is 0.0882. The van der Waals surface area contributed by atoms with Crippen molar-refractivity contribution in [2.45, 2.75) is 32.0 Å². The Morgan fingerprint density at radius 2 is 1.85 bits per heavy atom. The SMILES string of the molecule is CC(C)(CNC(=O)Cn1cc(C(F)(F)F)ccc1=O)c1ccc(F)cc1Cl. The lowest BCUT2D eigenvalue weighted by Crippen LogP contribution is -2.39. The van der Waals surface area contributed by atoms with Crippen LogP contribution in [0.25, 0.3) is 0 Å². The van der Waals surface area contributed by atoms with Crippen molar-refractivity contribution >= 4 is 17.5 Å². The van der Waals surface area contributed by atoms with E-state index in [4.69, 9.17) is 11.6 Å². The Kier molecular flexibility index (Phi) is 5.99. The molecule has 1 aromatic heterocycles. The summed E-state index contributed by atoms with van der Waals surface area (Å²) in [5.74, 6) is -1.13. The van der Waals surface area contributed by atoms with Crippen LogP contribution in [0.3, 0.4) is 0 Å². The Morgan fingerprint density at radius 1 is 1.19 bits per heavy atom. The molecule has 146 valence electrons. The molecule has 0 saturated carbocycles. The number of alkyl halides is 3. The number of aromatic nitrogens is 1. The van der Waals surface area contributed by atoms with Gasteiger partial charge in [-0.3, -0.25) is 9.59 Å².